The number of halogens is 4. The zero-order valence-electron chi connectivity index (χ0n) is 10.8. The first-order chi connectivity index (χ1) is 9.97. The average molecular weight is 309 g/mol. The highest BCUT2D eigenvalue weighted by Crippen LogP contribution is 2.29. The van der Waals surface area contributed by atoms with Crippen molar-refractivity contribution in [3.8, 4) is 11.4 Å². The number of hydrogen-bond donors (Lipinski definition) is 0. The minimum absolute atomic E-state index is 0.00808. The molecule has 21 heavy (non-hydrogen) atoms. The third kappa shape index (κ3) is 2.34. The van der Waals surface area contributed by atoms with E-state index in [1.54, 1.807) is 13.0 Å². The molecular formula is C15H8ClF3N2. The van der Waals surface area contributed by atoms with E-state index >= 15 is 0 Å². The molecule has 0 saturated heterocycles. The molecule has 3 aromatic rings. The second-order valence-electron chi connectivity index (χ2n) is 4.55. The van der Waals surface area contributed by atoms with E-state index in [2.05, 4.69) is 9.97 Å². The van der Waals surface area contributed by atoms with Crippen molar-refractivity contribution in [3.63, 3.8) is 0 Å². The standard InChI is InChI=1S/C15H8ClF3N2/c1-7-2-5-10(18)13-12(7)14(16)21-15(20-13)9-4-3-8(17)6-11(9)19/h2-6H,1H3. The second-order valence-corrected chi connectivity index (χ2v) is 4.91. The molecule has 0 saturated carbocycles. The van der Waals surface area contributed by atoms with Crippen LogP contribution in [0.25, 0.3) is 22.3 Å². The van der Waals surface area contributed by atoms with Crippen molar-refractivity contribution in [3.05, 3.63) is 58.5 Å². The number of nitrogens with zero attached hydrogens (tertiary/aromatic N) is 2. The minimum atomic E-state index is -0.835. The van der Waals surface area contributed by atoms with Gasteiger partial charge < -0.3 is 0 Å². The summed E-state index contributed by atoms with van der Waals surface area (Å²) < 4.78 is 40.6. The quantitative estimate of drug-likeness (QED) is 0.610. The highest BCUT2D eigenvalue weighted by molar-refractivity contribution is 6.34. The molecule has 0 bridgehead atoms. The lowest BCUT2D eigenvalue weighted by Gasteiger charge is -2.08. The van der Waals surface area contributed by atoms with E-state index in [-0.39, 0.29) is 22.1 Å². The maximum absolute atomic E-state index is 13.9. The van der Waals surface area contributed by atoms with E-state index in [0.29, 0.717) is 17.0 Å². The Morgan fingerprint density at radius 1 is 0.952 bits per heavy atom. The normalized spacial score (nSPS) is 11.1. The number of aromatic nitrogens is 2. The van der Waals surface area contributed by atoms with Gasteiger partial charge in [-0.3, -0.25) is 0 Å². The number of benzene rings is 2. The summed E-state index contributed by atoms with van der Waals surface area (Å²) in [5.41, 5.74) is 0.678. The summed E-state index contributed by atoms with van der Waals surface area (Å²) in [5, 5.41) is 0.402. The van der Waals surface area contributed by atoms with Gasteiger partial charge in [-0.25, -0.2) is 23.1 Å². The van der Waals surface area contributed by atoms with Crippen molar-refractivity contribution < 1.29 is 13.2 Å². The molecule has 6 heteroatoms. The Bertz CT molecular complexity index is 865. The van der Waals surface area contributed by atoms with E-state index < -0.39 is 17.5 Å². The summed E-state index contributed by atoms with van der Waals surface area (Å²) in [6, 6.07) is 5.79. The van der Waals surface area contributed by atoms with E-state index in [1.807, 2.05) is 0 Å². The Hall–Kier alpha value is -2.14. The highest BCUT2D eigenvalue weighted by Gasteiger charge is 2.15. The van der Waals surface area contributed by atoms with Gasteiger partial charge >= 0.3 is 0 Å². The molecule has 0 aliphatic rings. The zero-order chi connectivity index (χ0) is 15.1. The number of rotatable bonds is 1. The molecule has 0 aliphatic carbocycles. The number of aryl methyl sites for hydroxylation is 1. The van der Waals surface area contributed by atoms with Crippen molar-refractivity contribution in [2.24, 2.45) is 0 Å². The third-order valence-electron chi connectivity index (χ3n) is 3.14. The predicted octanol–water partition coefficient (Wildman–Crippen LogP) is 4.68. The number of fused-ring (bicyclic) bond motifs is 1. The molecule has 0 spiro atoms. The van der Waals surface area contributed by atoms with Gasteiger partial charge in [0, 0.05) is 11.5 Å². The van der Waals surface area contributed by atoms with Crippen LogP contribution in [0.5, 0.6) is 0 Å². The summed E-state index contributed by atoms with van der Waals surface area (Å²) >= 11 is 6.06. The van der Waals surface area contributed by atoms with Gasteiger partial charge in [-0.1, -0.05) is 17.7 Å². The molecule has 0 unspecified atom stereocenters. The van der Waals surface area contributed by atoms with Crippen molar-refractivity contribution >= 4 is 22.5 Å². The van der Waals surface area contributed by atoms with Crippen molar-refractivity contribution in [1.29, 1.82) is 0 Å². The smallest absolute Gasteiger partial charge is 0.164 e. The van der Waals surface area contributed by atoms with Gasteiger partial charge in [0.05, 0.1) is 5.56 Å². The average Bonchev–Trinajstić information content (AvgIpc) is 2.42. The molecule has 106 valence electrons. The molecule has 2 nitrogen and oxygen atoms in total. The molecular weight excluding hydrogens is 301 g/mol. The van der Waals surface area contributed by atoms with Crippen LogP contribution in [0.15, 0.2) is 30.3 Å². The van der Waals surface area contributed by atoms with Gasteiger partial charge in [0.2, 0.25) is 0 Å². The van der Waals surface area contributed by atoms with Crippen LogP contribution in [-0.4, -0.2) is 9.97 Å². The van der Waals surface area contributed by atoms with Crippen LogP contribution < -0.4 is 0 Å². The van der Waals surface area contributed by atoms with Crippen molar-refractivity contribution in [2.45, 2.75) is 6.92 Å². The van der Waals surface area contributed by atoms with E-state index in [4.69, 9.17) is 11.6 Å². The predicted molar refractivity (Wildman–Crippen MR) is 74.6 cm³/mol. The Morgan fingerprint density at radius 3 is 2.43 bits per heavy atom. The van der Waals surface area contributed by atoms with Crippen LogP contribution in [-0.2, 0) is 0 Å². The van der Waals surface area contributed by atoms with Gasteiger partial charge in [-0.05, 0) is 30.7 Å². The fourth-order valence-corrected chi connectivity index (χ4v) is 2.43. The van der Waals surface area contributed by atoms with Crippen LogP contribution in [0.1, 0.15) is 5.56 Å². The van der Waals surface area contributed by atoms with E-state index in [0.717, 1.165) is 6.07 Å². The minimum Gasteiger partial charge on any atom is -0.225 e. The Balaban J connectivity index is 2.33. The largest absolute Gasteiger partial charge is 0.225 e. The molecule has 2 aromatic carbocycles. The SMILES string of the molecule is Cc1ccc(F)c2nc(-c3ccc(F)cc3F)nc(Cl)c12. The molecule has 1 heterocycles. The van der Waals surface area contributed by atoms with E-state index in [9.17, 15) is 13.2 Å². The second kappa shape index (κ2) is 5.00. The Morgan fingerprint density at radius 2 is 1.71 bits per heavy atom. The molecule has 3 rings (SSSR count). The van der Waals surface area contributed by atoms with Crippen LogP contribution in [0, 0.1) is 24.4 Å². The molecule has 1 aromatic heterocycles. The Labute approximate surface area is 123 Å². The summed E-state index contributed by atoms with van der Waals surface area (Å²) in [4.78, 5) is 8.01. The monoisotopic (exact) mass is 308 g/mol. The summed E-state index contributed by atoms with van der Waals surface area (Å²) in [6.45, 7) is 1.75. The molecule has 0 radical (unpaired) electrons. The van der Waals surface area contributed by atoms with Gasteiger partial charge in [-0.15, -0.1) is 0 Å². The summed E-state index contributed by atoms with van der Waals surface area (Å²) in [6.07, 6.45) is 0. The summed E-state index contributed by atoms with van der Waals surface area (Å²) in [5.74, 6) is -2.22. The topological polar surface area (TPSA) is 25.8 Å². The van der Waals surface area contributed by atoms with Gasteiger partial charge in [0.15, 0.2) is 5.82 Å². The van der Waals surface area contributed by atoms with Gasteiger partial charge in [0.25, 0.3) is 0 Å². The van der Waals surface area contributed by atoms with Crippen molar-refractivity contribution in [2.75, 3.05) is 0 Å². The van der Waals surface area contributed by atoms with Gasteiger partial charge in [0.1, 0.15) is 28.1 Å². The van der Waals surface area contributed by atoms with Gasteiger partial charge in [-0.2, -0.15) is 0 Å². The molecule has 0 aliphatic heterocycles. The fraction of sp³-hybridized carbons (Fsp3) is 0.0667. The van der Waals surface area contributed by atoms with E-state index in [1.165, 1.54) is 12.1 Å². The van der Waals surface area contributed by atoms with Crippen LogP contribution in [0.4, 0.5) is 13.2 Å². The highest BCUT2D eigenvalue weighted by atomic mass is 35.5. The molecule has 0 atom stereocenters. The first kappa shape index (κ1) is 13.8. The first-order valence-electron chi connectivity index (χ1n) is 6.05. The number of hydrogen-bond acceptors (Lipinski definition) is 2. The lowest BCUT2D eigenvalue weighted by atomic mass is 10.1. The first-order valence-corrected chi connectivity index (χ1v) is 6.43. The fourth-order valence-electron chi connectivity index (χ4n) is 2.11. The third-order valence-corrected chi connectivity index (χ3v) is 3.41. The summed E-state index contributed by atoms with van der Waals surface area (Å²) in [7, 11) is 0. The molecule has 0 amide bonds. The lowest BCUT2D eigenvalue weighted by molar-refractivity contribution is 0.585. The zero-order valence-corrected chi connectivity index (χ0v) is 11.5. The maximum atomic E-state index is 13.9. The lowest BCUT2D eigenvalue weighted by Crippen LogP contribution is -1.97. The molecule has 0 fully saturated rings. The molecule has 0 N–H and O–H groups in total. The van der Waals surface area contributed by atoms with Crippen LogP contribution in [0.3, 0.4) is 0 Å². The maximum Gasteiger partial charge on any atom is 0.164 e. The Kier molecular flexibility index (Phi) is 3.29. The van der Waals surface area contributed by atoms with Crippen molar-refractivity contribution in [1.82, 2.24) is 9.97 Å². The van der Waals surface area contributed by atoms with Crippen LogP contribution in [0.2, 0.25) is 5.15 Å². The van der Waals surface area contributed by atoms with Crippen LogP contribution >= 0.6 is 11.6 Å².